The monoisotopic (exact) mass is 501 g/mol. The molecule has 0 saturated carbocycles. The average molecular weight is 502 g/mol. The quantitative estimate of drug-likeness (QED) is 0.388. The lowest BCUT2D eigenvalue weighted by atomic mass is 10.0. The number of halogens is 1. The molecular formula is C23H20ClN3O6S. The van der Waals surface area contributed by atoms with Crippen LogP contribution in [0.3, 0.4) is 0 Å². The second-order valence-electron chi connectivity index (χ2n) is 7.55. The molecule has 0 unspecified atom stereocenters. The first kappa shape index (κ1) is 23.5. The van der Waals surface area contributed by atoms with Crippen LogP contribution in [0, 0.1) is 10.1 Å². The van der Waals surface area contributed by atoms with Crippen molar-refractivity contribution in [2.75, 3.05) is 23.3 Å². The molecule has 176 valence electrons. The van der Waals surface area contributed by atoms with E-state index in [2.05, 4.69) is 5.32 Å². The van der Waals surface area contributed by atoms with Gasteiger partial charge >= 0.3 is 0 Å². The lowest BCUT2D eigenvalue weighted by Gasteiger charge is -2.30. The van der Waals surface area contributed by atoms with E-state index in [-0.39, 0.29) is 26.9 Å². The van der Waals surface area contributed by atoms with Crippen molar-refractivity contribution in [3.05, 3.63) is 86.9 Å². The maximum absolute atomic E-state index is 13.5. The second-order valence-corrected chi connectivity index (χ2v) is 9.81. The van der Waals surface area contributed by atoms with Crippen LogP contribution in [0.2, 0.25) is 5.02 Å². The molecular weight excluding hydrogens is 482 g/mol. The lowest BCUT2D eigenvalue weighted by Crippen LogP contribution is -2.35. The van der Waals surface area contributed by atoms with E-state index in [1.807, 2.05) is 12.1 Å². The van der Waals surface area contributed by atoms with Crippen molar-refractivity contribution in [3.63, 3.8) is 0 Å². The van der Waals surface area contributed by atoms with E-state index in [0.717, 1.165) is 18.1 Å². The fourth-order valence-corrected chi connectivity index (χ4v) is 5.54. The third-order valence-electron chi connectivity index (χ3n) is 5.49. The molecule has 3 aromatic carbocycles. The number of sulfonamides is 1. The number of hydrogen-bond acceptors (Lipinski definition) is 6. The van der Waals surface area contributed by atoms with E-state index in [4.69, 9.17) is 16.3 Å². The molecule has 9 nitrogen and oxygen atoms in total. The molecule has 4 rings (SSSR count). The first-order chi connectivity index (χ1) is 16.2. The molecule has 0 aliphatic carbocycles. The fourth-order valence-electron chi connectivity index (χ4n) is 3.81. The second kappa shape index (κ2) is 9.32. The summed E-state index contributed by atoms with van der Waals surface area (Å²) in [6.45, 7) is 0.319. The summed E-state index contributed by atoms with van der Waals surface area (Å²) in [4.78, 5) is 23.5. The standard InChI is InChI=1S/C23H20ClN3O6S/c1-33-16-8-11-22(27(29)30)18(13-16)23(28)25-20-14-17(9-10-19(20)24)34(31,32)26-12-4-6-15-5-2-3-7-21(15)26/h2-3,5,7-11,13-14H,4,6,12H2,1H3,(H,25,28). The van der Waals surface area contributed by atoms with Crippen molar-refractivity contribution < 1.29 is 22.9 Å². The number of hydrogen-bond donors (Lipinski definition) is 1. The van der Waals surface area contributed by atoms with Crippen LogP contribution in [0.4, 0.5) is 17.1 Å². The number of nitro groups is 1. The van der Waals surface area contributed by atoms with Gasteiger partial charge in [-0.15, -0.1) is 0 Å². The Morgan fingerprint density at radius 2 is 1.91 bits per heavy atom. The van der Waals surface area contributed by atoms with Gasteiger partial charge in [-0.2, -0.15) is 0 Å². The SMILES string of the molecule is COc1ccc([N+](=O)[O-])c(C(=O)Nc2cc(S(=O)(=O)N3CCCc4ccccc43)ccc2Cl)c1. The van der Waals surface area contributed by atoms with E-state index in [0.29, 0.717) is 18.7 Å². The van der Waals surface area contributed by atoms with Crippen LogP contribution < -0.4 is 14.4 Å². The van der Waals surface area contributed by atoms with Crippen LogP contribution in [0.15, 0.2) is 65.6 Å². The number of para-hydroxylation sites is 1. The van der Waals surface area contributed by atoms with Crippen molar-refractivity contribution >= 4 is 44.6 Å². The normalized spacial score (nSPS) is 13.2. The molecule has 34 heavy (non-hydrogen) atoms. The molecule has 0 atom stereocenters. The van der Waals surface area contributed by atoms with E-state index >= 15 is 0 Å². The minimum atomic E-state index is -3.95. The Hall–Kier alpha value is -3.63. The summed E-state index contributed by atoms with van der Waals surface area (Å²) in [6.07, 6.45) is 1.45. The summed E-state index contributed by atoms with van der Waals surface area (Å²) in [5.74, 6) is -0.577. The van der Waals surface area contributed by atoms with E-state index in [9.17, 15) is 23.3 Å². The lowest BCUT2D eigenvalue weighted by molar-refractivity contribution is -0.385. The zero-order valence-electron chi connectivity index (χ0n) is 18.0. The number of methoxy groups -OCH3 is 1. The maximum atomic E-state index is 13.5. The van der Waals surface area contributed by atoms with Crippen molar-refractivity contribution in [1.82, 2.24) is 0 Å². The summed E-state index contributed by atoms with van der Waals surface area (Å²) in [6, 6.07) is 15.0. The molecule has 1 N–H and O–H groups in total. The van der Waals surface area contributed by atoms with Gasteiger partial charge < -0.3 is 10.1 Å². The van der Waals surface area contributed by atoms with E-state index in [1.165, 1.54) is 41.7 Å². The van der Waals surface area contributed by atoms with Gasteiger partial charge in [0.2, 0.25) is 0 Å². The Morgan fingerprint density at radius 3 is 2.65 bits per heavy atom. The third-order valence-corrected chi connectivity index (χ3v) is 7.63. The van der Waals surface area contributed by atoms with E-state index < -0.39 is 26.5 Å². The number of nitrogens with one attached hydrogen (secondary N) is 1. The summed E-state index contributed by atoms with van der Waals surface area (Å²) in [7, 11) is -2.58. The van der Waals surface area contributed by atoms with Crippen LogP contribution >= 0.6 is 11.6 Å². The van der Waals surface area contributed by atoms with Gasteiger partial charge in [0.1, 0.15) is 11.3 Å². The molecule has 3 aromatic rings. The predicted octanol–water partition coefficient (Wildman–Crippen LogP) is 4.65. The minimum absolute atomic E-state index is 0.00940. The summed E-state index contributed by atoms with van der Waals surface area (Å²) < 4.78 is 33.3. The Morgan fingerprint density at radius 1 is 1.15 bits per heavy atom. The first-order valence-corrected chi connectivity index (χ1v) is 12.1. The predicted molar refractivity (Wildman–Crippen MR) is 128 cm³/mol. The number of rotatable bonds is 6. The molecule has 1 aliphatic rings. The summed E-state index contributed by atoms with van der Waals surface area (Å²) in [5.41, 5.74) is 0.878. The fraction of sp³-hybridized carbons (Fsp3) is 0.174. The average Bonchev–Trinajstić information content (AvgIpc) is 2.84. The number of anilines is 2. The maximum Gasteiger partial charge on any atom is 0.282 e. The minimum Gasteiger partial charge on any atom is -0.497 e. The highest BCUT2D eigenvalue weighted by Crippen LogP contribution is 2.34. The van der Waals surface area contributed by atoms with Crippen LogP contribution in [-0.2, 0) is 16.4 Å². The number of nitrogens with zero attached hydrogens (tertiary/aromatic N) is 2. The highest BCUT2D eigenvalue weighted by molar-refractivity contribution is 7.92. The highest BCUT2D eigenvalue weighted by Gasteiger charge is 2.30. The van der Waals surface area contributed by atoms with Gasteiger partial charge in [0.15, 0.2) is 0 Å². The van der Waals surface area contributed by atoms with Crippen LogP contribution in [0.25, 0.3) is 0 Å². The Balaban J connectivity index is 1.69. The van der Waals surface area contributed by atoms with Gasteiger partial charge in [-0.3, -0.25) is 19.2 Å². The number of amides is 1. The number of carbonyl (C=O) groups is 1. The molecule has 0 radical (unpaired) electrons. The molecule has 0 saturated heterocycles. The van der Waals surface area contributed by atoms with Crippen molar-refractivity contribution in [1.29, 1.82) is 0 Å². The molecule has 0 fully saturated rings. The van der Waals surface area contributed by atoms with Gasteiger partial charge in [0.25, 0.3) is 21.6 Å². The topological polar surface area (TPSA) is 119 Å². The van der Waals surface area contributed by atoms with Crippen LogP contribution in [-0.4, -0.2) is 32.9 Å². The zero-order valence-corrected chi connectivity index (χ0v) is 19.6. The smallest absolute Gasteiger partial charge is 0.282 e. The van der Waals surface area contributed by atoms with Gasteiger partial charge in [-0.1, -0.05) is 29.8 Å². The van der Waals surface area contributed by atoms with Gasteiger partial charge in [-0.05, 0) is 54.8 Å². The van der Waals surface area contributed by atoms with E-state index in [1.54, 1.807) is 12.1 Å². The van der Waals surface area contributed by atoms with Crippen molar-refractivity contribution in [2.24, 2.45) is 0 Å². The molecule has 1 heterocycles. The molecule has 0 aromatic heterocycles. The number of ether oxygens (including phenoxy) is 1. The number of nitro benzene ring substituents is 1. The van der Waals surface area contributed by atoms with Crippen LogP contribution in [0.5, 0.6) is 5.75 Å². The zero-order chi connectivity index (χ0) is 24.5. The highest BCUT2D eigenvalue weighted by atomic mass is 35.5. The number of fused-ring (bicyclic) bond motifs is 1. The third kappa shape index (κ3) is 4.42. The molecule has 11 heteroatoms. The number of benzene rings is 3. The number of carbonyl (C=O) groups excluding carboxylic acids is 1. The van der Waals surface area contributed by atoms with Gasteiger partial charge in [-0.25, -0.2) is 8.42 Å². The molecule has 1 aliphatic heterocycles. The number of aryl methyl sites for hydroxylation is 1. The Bertz CT molecular complexity index is 1390. The summed E-state index contributed by atoms with van der Waals surface area (Å²) >= 11 is 6.22. The summed E-state index contributed by atoms with van der Waals surface area (Å²) in [5, 5.41) is 14.0. The largest absolute Gasteiger partial charge is 0.497 e. The molecule has 1 amide bonds. The molecule has 0 spiro atoms. The molecule has 0 bridgehead atoms. The Labute approximate surface area is 201 Å². The van der Waals surface area contributed by atoms with Crippen LogP contribution in [0.1, 0.15) is 22.3 Å². The van der Waals surface area contributed by atoms with Crippen molar-refractivity contribution in [2.45, 2.75) is 17.7 Å². The van der Waals surface area contributed by atoms with Gasteiger partial charge in [0, 0.05) is 12.6 Å². The Kier molecular flexibility index (Phi) is 6.45. The first-order valence-electron chi connectivity index (χ1n) is 10.3. The van der Waals surface area contributed by atoms with Gasteiger partial charge in [0.05, 0.1) is 33.3 Å². The van der Waals surface area contributed by atoms with Crippen molar-refractivity contribution in [3.8, 4) is 5.75 Å².